The maximum absolute atomic E-state index is 12.1. The molecule has 2 aliphatic heterocycles. The topological polar surface area (TPSA) is 404 Å². The summed E-state index contributed by atoms with van der Waals surface area (Å²) in [6, 6.07) is 17.3. The highest BCUT2D eigenvalue weighted by molar-refractivity contribution is 14.1. The lowest BCUT2D eigenvalue weighted by atomic mass is 9.83. The van der Waals surface area contributed by atoms with Crippen molar-refractivity contribution in [3.05, 3.63) is 185 Å². The number of aryl methyl sites for hydroxylation is 1. The molecule has 2 saturated heterocycles. The molecular weight excluding hydrogens is 2610 g/mol. The highest BCUT2D eigenvalue weighted by atomic mass is 127. The number of carbonyl (C=O) groups excluding carboxylic acids is 3. The summed E-state index contributed by atoms with van der Waals surface area (Å²) >= 11 is 14.3. The third kappa shape index (κ3) is 41.2. The number of piperidine rings is 1. The molecule has 27 nitrogen and oxygen atoms in total. The Kier molecular flexibility index (Phi) is 49.4. The van der Waals surface area contributed by atoms with Gasteiger partial charge in [0, 0.05) is 104 Å². The van der Waals surface area contributed by atoms with E-state index in [1.54, 1.807) is 142 Å². The van der Waals surface area contributed by atoms with Gasteiger partial charge in [-0.05, 0) is 296 Å². The molecule has 2 fully saturated rings. The molecule has 1 aromatic heterocycles. The molecular formula is C69H79F12I8N9O18S4. The molecule has 120 heavy (non-hydrogen) atoms. The van der Waals surface area contributed by atoms with E-state index in [0.29, 0.717) is 63.7 Å². The van der Waals surface area contributed by atoms with Gasteiger partial charge in [0.2, 0.25) is 6.33 Å². The summed E-state index contributed by atoms with van der Waals surface area (Å²) in [6.45, 7) is 36.0. The minimum Gasteiger partial charge on any atom is -0.858 e. The van der Waals surface area contributed by atoms with Crippen LogP contribution >= 0.6 is 181 Å². The normalized spacial score (nSPS) is 14.1. The Morgan fingerprint density at radius 3 is 1.32 bits per heavy atom. The largest absolute Gasteiger partial charge is 0.858 e. The molecule has 0 saturated carbocycles. The number of carbonyl (C=O) groups is 3. The molecule has 0 bridgehead atoms. The molecule has 0 amide bonds. The lowest BCUT2D eigenvalue weighted by molar-refractivity contribution is -0.858. The second-order valence-electron chi connectivity index (χ2n) is 25.6. The third-order valence-electron chi connectivity index (χ3n) is 14.8. The maximum atomic E-state index is 12.1. The van der Waals surface area contributed by atoms with E-state index in [1.165, 1.54) is 53.4 Å². The van der Waals surface area contributed by atoms with Gasteiger partial charge < -0.3 is 50.2 Å². The van der Waals surface area contributed by atoms with Crippen LogP contribution in [0.2, 0.25) is 0 Å². The number of halogens is 20. The summed E-state index contributed by atoms with van der Waals surface area (Å²) < 4.78 is 263. The molecule has 0 atom stereocenters. The minimum absolute atomic E-state index is 0.161. The number of ether oxygens (including phenoxy) is 3. The minimum atomic E-state index is -5.82. The van der Waals surface area contributed by atoms with Gasteiger partial charge in [0.15, 0.2) is 0 Å². The SMILES string of the molecule is C=C(C)C(=O)OC(C)(C)C1CC[NH2+]CC1.C=C(C)C(=O)OC(C)(C)C1C[NH2+]C1.C=C(C)C(=O)OCC[NH+](C)C.C=Cn1cc[n+](CC)c1.O=S(=O)(N=C([O-])c1c(I)cccc1I)C(F)(F)F.O=S(=O)(N=C([O-])c1cc(I)cc(I)c1I)C(F)(F)F.O=S(=O)(N=C([O-])c1cc(I)ccc1I)C(F)(F)F.O=S(=O)(N=C([O-])c1cccc(I)c1)C(F)(F)F. The van der Waals surface area contributed by atoms with Crippen molar-refractivity contribution in [2.45, 2.75) is 108 Å². The standard InChI is InChI=1S/C12H21NO2.C10H17NO2.C8H3F3I3NO3S.2C8H4F3I2NO3S.C8H5F3INO3S.C8H15NO2.C7H11N2/c1-9(2)11(14)15-12(3,4)10-5-7-13-8-6-10;1-7(2)9(12)13-10(3,4)8-5-11-6-8;9-8(10,11)19(17,18)15-7(16)4-1-3(12)2-5(13)6(4)14;9-8(10,11)18(16,17)14-7(15)5-3-4(12)1-2-6(5)13;9-8(10,11)18(16,17)14-7(15)6-4(12)2-1-3-5(6)13;9-8(10,11)17(15,16)13-7(14)5-2-1-3-6(12)4-5;1-7(2)8(10)11-6-5-9(3)4;1-3-8-5-6-9(4-2)7-8/h10,13H,1,5-8H2,2-4H3;8,11H,1,5-6H2,2-4H3;1-2H,(H,15,16);2*1-3H,(H,14,15);1-4H,(H,13,14);1,5-6H2,2-4H3;3,5-7H,1,4H2,2H3/q;;;;;;;+1/p-1. The molecule has 0 aliphatic carbocycles. The summed E-state index contributed by atoms with van der Waals surface area (Å²) in [7, 11) is -19.2. The first-order valence-electron chi connectivity index (χ1n) is 33.3. The second-order valence-corrected chi connectivity index (χ2v) is 41.5. The zero-order valence-corrected chi connectivity index (χ0v) is 85.0. The lowest BCUT2D eigenvalue weighted by Gasteiger charge is -2.37. The van der Waals surface area contributed by atoms with Gasteiger partial charge in [0.1, 0.15) is 36.7 Å². The van der Waals surface area contributed by atoms with Crippen LogP contribution in [-0.2, 0) is 75.2 Å². The van der Waals surface area contributed by atoms with Gasteiger partial charge in [-0.3, -0.25) is 0 Å². The number of nitrogens with two attached hydrogens (primary N) is 2. The van der Waals surface area contributed by atoms with Crippen molar-refractivity contribution in [1.29, 1.82) is 0 Å². The van der Waals surface area contributed by atoms with Gasteiger partial charge in [0.05, 0.1) is 58.9 Å². The number of hydrogen-bond donors (Lipinski definition) is 3. The predicted octanol–water partition coefficient (Wildman–Crippen LogP) is 8.49. The fraction of sp³-hybridized carbons (Fsp3) is 0.391. The predicted molar refractivity (Wildman–Crippen MR) is 483 cm³/mol. The van der Waals surface area contributed by atoms with E-state index in [0.717, 1.165) is 52.1 Å². The molecule has 0 unspecified atom stereocenters. The van der Waals surface area contributed by atoms with Crippen LogP contribution in [0.25, 0.3) is 6.20 Å². The molecule has 672 valence electrons. The summed E-state index contributed by atoms with van der Waals surface area (Å²) in [5.74, 6) is -5.63. The number of imidazole rings is 1. The van der Waals surface area contributed by atoms with Crippen LogP contribution in [0.5, 0.6) is 0 Å². The van der Waals surface area contributed by atoms with Gasteiger partial charge in [-0.25, -0.2) is 23.5 Å². The van der Waals surface area contributed by atoms with Gasteiger partial charge >= 0.3 is 80.0 Å². The van der Waals surface area contributed by atoms with Crippen molar-refractivity contribution < 1.29 is 155 Å². The molecule has 4 aromatic carbocycles. The number of benzene rings is 4. The molecule has 5 N–H and O–H groups in total. The number of nitrogens with zero attached hydrogens (tertiary/aromatic N) is 6. The van der Waals surface area contributed by atoms with E-state index in [2.05, 4.69) is 66.0 Å². The molecule has 0 radical (unpaired) electrons. The van der Waals surface area contributed by atoms with E-state index in [1.807, 2.05) is 155 Å². The number of aromatic nitrogens is 2. The van der Waals surface area contributed by atoms with Crippen molar-refractivity contribution >= 4 is 269 Å². The van der Waals surface area contributed by atoms with E-state index in [-0.39, 0.29) is 51.4 Å². The van der Waals surface area contributed by atoms with Gasteiger partial charge in [0.25, 0.3) is 0 Å². The number of rotatable bonds is 20. The van der Waals surface area contributed by atoms with E-state index in [4.69, 9.17) is 14.2 Å². The van der Waals surface area contributed by atoms with E-state index in [9.17, 15) is 121 Å². The fourth-order valence-electron chi connectivity index (χ4n) is 8.06. The smallest absolute Gasteiger partial charge is 0.518 e. The van der Waals surface area contributed by atoms with Crippen LogP contribution in [0.1, 0.15) is 90.5 Å². The zero-order chi connectivity index (χ0) is 93.6. The summed E-state index contributed by atoms with van der Waals surface area (Å²) in [4.78, 5) is 34.8. The van der Waals surface area contributed by atoms with Crippen LogP contribution in [0, 0.1) is 40.4 Å². The quantitative estimate of drug-likeness (QED) is 0.00756. The average molecular weight is 2690 g/mol. The molecule has 0 spiro atoms. The average Bonchev–Trinajstić information content (AvgIpc) is 0.984. The molecule has 2 aliphatic rings. The fourth-order valence-corrected chi connectivity index (χ4v) is 15.7. The molecule has 5 aromatic rings. The van der Waals surface area contributed by atoms with Crippen LogP contribution in [0.15, 0.2) is 152 Å². The van der Waals surface area contributed by atoms with E-state index < -0.39 is 85.7 Å². The lowest BCUT2D eigenvalue weighted by Crippen LogP contribution is -3.06. The van der Waals surface area contributed by atoms with Crippen LogP contribution in [0.4, 0.5) is 52.7 Å². The third-order valence-corrected chi connectivity index (χ3v) is 26.5. The Morgan fingerprint density at radius 2 is 0.942 bits per heavy atom. The van der Waals surface area contributed by atoms with Crippen molar-refractivity contribution in [3.63, 3.8) is 0 Å². The highest BCUT2D eigenvalue weighted by Gasteiger charge is 2.49. The Hall–Kier alpha value is -3.98. The first-order valence-corrected chi connectivity index (χ1v) is 47.7. The zero-order valence-electron chi connectivity index (χ0n) is 64.5. The van der Waals surface area contributed by atoms with Crippen molar-refractivity contribution in [1.82, 2.24) is 4.57 Å². The number of esters is 3. The second kappa shape index (κ2) is 51.1. The number of quaternary nitrogens is 3. The van der Waals surface area contributed by atoms with Crippen LogP contribution in [0.3, 0.4) is 0 Å². The van der Waals surface area contributed by atoms with Gasteiger partial charge in [-0.1, -0.05) is 44.5 Å². The first-order chi connectivity index (χ1) is 54.5. The number of likely N-dealkylation sites (N-methyl/N-ethyl adjacent to an activating group) is 1. The summed E-state index contributed by atoms with van der Waals surface area (Å²) in [5.41, 5.74) is -22.3. The van der Waals surface area contributed by atoms with Gasteiger partial charge in [-0.2, -0.15) is 104 Å². The number of nitrogens with one attached hydrogen (secondary N) is 1. The van der Waals surface area contributed by atoms with Crippen molar-refractivity contribution in [2.75, 3.05) is 53.4 Å². The molecule has 51 heteroatoms. The van der Waals surface area contributed by atoms with Crippen molar-refractivity contribution in [2.24, 2.45) is 29.4 Å². The Morgan fingerprint density at radius 1 is 0.542 bits per heavy atom. The summed E-state index contributed by atoms with van der Waals surface area (Å²) in [5, 5.41) is 50.2. The Balaban J connectivity index is 0.00000136. The van der Waals surface area contributed by atoms with Crippen LogP contribution in [-0.4, -0.2) is 166 Å². The number of alkyl halides is 12. The maximum Gasteiger partial charge on any atom is 0.518 e. The van der Waals surface area contributed by atoms with Gasteiger partial charge in [-0.15, -0.1) is 0 Å². The Labute approximate surface area is 795 Å². The number of hydrogen-bond acceptors (Lipinski definition) is 18. The summed E-state index contributed by atoms with van der Waals surface area (Å²) in [6.07, 6.45) is 9.99. The first kappa shape index (κ1) is 116. The van der Waals surface area contributed by atoms with Crippen molar-refractivity contribution in [3.8, 4) is 0 Å². The monoisotopic (exact) mass is 2690 g/mol. The molecule has 3 heterocycles. The van der Waals surface area contributed by atoms with E-state index >= 15 is 0 Å². The molecule has 7 rings (SSSR count). The van der Waals surface area contributed by atoms with Crippen LogP contribution < -0.4 is 40.5 Å². The number of sulfonamides is 4. The Bertz CT molecular complexity index is 5010. The highest BCUT2D eigenvalue weighted by Crippen LogP contribution is 2.32.